The number of benzene rings is 3. The van der Waals surface area contributed by atoms with Crippen molar-refractivity contribution < 1.29 is 14.6 Å². The molecule has 5 nitrogen and oxygen atoms in total. The second-order valence-electron chi connectivity index (χ2n) is 5.60. The zero-order valence-corrected chi connectivity index (χ0v) is 14.0. The molecule has 0 spiro atoms. The highest BCUT2D eigenvalue weighted by Crippen LogP contribution is 2.15. The molecule has 5 heteroatoms. The molecule has 0 fully saturated rings. The summed E-state index contributed by atoms with van der Waals surface area (Å²) in [5.74, 6) is -0.184. The third kappa shape index (κ3) is 4.95. The number of hydrazone groups is 1. The second-order valence-corrected chi connectivity index (χ2v) is 5.60. The van der Waals surface area contributed by atoms with Gasteiger partial charge in [-0.1, -0.05) is 42.5 Å². The van der Waals surface area contributed by atoms with Gasteiger partial charge in [0.2, 0.25) is 0 Å². The van der Waals surface area contributed by atoms with Crippen molar-refractivity contribution in [2.75, 3.05) is 5.43 Å². The summed E-state index contributed by atoms with van der Waals surface area (Å²) in [7, 11) is 0. The maximum atomic E-state index is 10.8. The second kappa shape index (κ2) is 8.48. The molecule has 0 saturated heterocycles. The Morgan fingerprint density at radius 1 is 1.00 bits per heavy atom. The first kappa shape index (κ1) is 17.2. The van der Waals surface area contributed by atoms with Crippen LogP contribution in [0.25, 0.3) is 0 Å². The van der Waals surface area contributed by atoms with Crippen molar-refractivity contribution in [2.24, 2.45) is 5.10 Å². The summed E-state index contributed by atoms with van der Waals surface area (Å²) in [4.78, 5) is 10.8. The van der Waals surface area contributed by atoms with Crippen LogP contribution in [0.4, 0.5) is 5.69 Å². The van der Waals surface area contributed by atoms with Crippen molar-refractivity contribution in [1.29, 1.82) is 0 Å². The molecule has 0 aliphatic heterocycles. The minimum absolute atomic E-state index is 0.239. The maximum absolute atomic E-state index is 10.8. The molecule has 0 aliphatic rings. The predicted octanol–water partition coefficient (Wildman–Crippen LogP) is 4.41. The Kier molecular flexibility index (Phi) is 5.62. The topological polar surface area (TPSA) is 70.9 Å². The van der Waals surface area contributed by atoms with Gasteiger partial charge in [-0.15, -0.1) is 0 Å². The number of nitrogens with one attached hydrogen (secondary N) is 1. The fourth-order valence-corrected chi connectivity index (χ4v) is 2.29. The van der Waals surface area contributed by atoms with Crippen molar-refractivity contribution in [1.82, 2.24) is 0 Å². The van der Waals surface area contributed by atoms with Crippen LogP contribution in [-0.4, -0.2) is 17.3 Å². The molecule has 0 amide bonds. The van der Waals surface area contributed by atoms with Gasteiger partial charge in [0.05, 0.1) is 17.5 Å². The number of anilines is 1. The molecule has 0 atom stereocenters. The van der Waals surface area contributed by atoms with Gasteiger partial charge in [-0.05, 0) is 47.5 Å². The highest BCUT2D eigenvalue weighted by Gasteiger charge is 2.01. The van der Waals surface area contributed by atoms with Crippen molar-refractivity contribution in [3.05, 3.63) is 95.6 Å². The molecule has 0 bridgehead atoms. The molecule has 0 aliphatic carbocycles. The van der Waals surface area contributed by atoms with E-state index in [-0.39, 0.29) is 5.56 Å². The number of hydrogen-bond acceptors (Lipinski definition) is 4. The Morgan fingerprint density at radius 2 is 1.77 bits per heavy atom. The fraction of sp³-hybridized carbons (Fsp3) is 0.0476. The average Bonchev–Trinajstić information content (AvgIpc) is 2.68. The van der Waals surface area contributed by atoms with E-state index >= 15 is 0 Å². The molecule has 3 aromatic rings. The van der Waals surface area contributed by atoms with Crippen LogP contribution in [0.3, 0.4) is 0 Å². The Balaban J connectivity index is 1.57. The summed E-state index contributed by atoms with van der Waals surface area (Å²) in [6, 6.07) is 24.0. The molecular weight excluding hydrogens is 328 g/mol. The molecule has 0 radical (unpaired) electrons. The number of carbonyl (C=O) groups is 1. The van der Waals surface area contributed by atoms with Gasteiger partial charge in [0.25, 0.3) is 0 Å². The zero-order valence-electron chi connectivity index (χ0n) is 14.0. The van der Waals surface area contributed by atoms with Gasteiger partial charge >= 0.3 is 5.97 Å². The molecule has 130 valence electrons. The van der Waals surface area contributed by atoms with Crippen molar-refractivity contribution in [3.8, 4) is 5.75 Å². The smallest absolute Gasteiger partial charge is 0.335 e. The van der Waals surface area contributed by atoms with Crippen LogP contribution in [0.15, 0.2) is 84.0 Å². The van der Waals surface area contributed by atoms with Gasteiger partial charge in [0.1, 0.15) is 12.4 Å². The van der Waals surface area contributed by atoms with Crippen LogP contribution in [0.2, 0.25) is 0 Å². The van der Waals surface area contributed by atoms with E-state index in [0.717, 1.165) is 16.9 Å². The third-order valence-electron chi connectivity index (χ3n) is 3.65. The van der Waals surface area contributed by atoms with E-state index in [9.17, 15) is 4.79 Å². The molecular formula is C21H18N2O3. The van der Waals surface area contributed by atoms with E-state index in [0.29, 0.717) is 12.3 Å². The van der Waals surface area contributed by atoms with Gasteiger partial charge in [-0.25, -0.2) is 4.79 Å². The highest BCUT2D eigenvalue weighted by atomic mass is 16.5. The average molecular weight is 346 g/mol. The van der Waals surface area contributed by atoms with Crippen molar-refractivity contribution in [3.63, 3.8) is 0 Å². The maximum Gasteiger partial charge on any atom is 0.335 e. The number of aromatic carboxylic acids is 1. The molecule has 26 heavy (non-hydrogen) atoms. The summed E-state index contributed by atoms with van der Waals surface area (Å²) in [5, 5.41) is 13.0. The van der Waals surface area contributed by atoms with E-state index in [1.807, 2.05) is 54.6 Å². The summed E-state index contributed by atoms with van der Waals surface area (Å²) >= 11 is 0. The Labute approximate surface area is 151 Å². The first-order chi connectivity index (χ1) is 12.7. The van der Waals surface area contributed by atoms with Crippen LogP contribution in [-0.2, 0) is 6.61 Å². The van der Waals surface area contributed by atoms with Crippen LogP contribution in [0, 0.1) is 0 Å². The lowest BCUT2D eigenvalue weighted by molar-refractivity contribution is 0.0697. The van der Waals surface area contributed by atoms with E-state index in [1.165, 1.54) is 12.1 Å². The van der Waals surface area contributed by atoms with Crippen LogP contribution >= 0.6 is 0 Å². The van der Waals surface area contributed by atoms with Gasteiger partial charge in [-0.2, -0.15) is 5.10 Å². The number of ether oxygens (including phenoxy) is 1. The molecule has 2 N–H and O–H groups in total. The number of hydrogen-bond donors (Lipinski definition) is 2. The third-order valence-corrected chi connectivity index (χ3v) is 3.65. The van der Waals surface area contributed by atoms with E-state index in [4.69, 9.17) is 9.84 Å². The van der Waals surface area contributed by atoms with Crippen molar-refractivity contribution in [2.45, 2.75) is 6.61 Å². The predicted molar refractivity (Wildman–Crippen MR) is 102 cm³/mol. The molecule has 0 heterocycles. The molecule has 0 saturated carbocycles. The monoisotopic (exact) mass is 346 g/mol. The number of nitrogens with zero attached hydrogens (tertiary/aromatic N) is 1. The zero-order chi connectivity index (χ0) is 18.2. The van der Waals surface area contributed by atoms with E-state index in [1.54, 1.807) is 18.3 Å². The van der Waals surface area contributed by atoms with E-state index < -0.39 is 5.97 Å². The Bertz CT molecular complexity index is 891. The van der Waals surface area contributed by atoms with Crippen LogP contribution in [0.1, 0.15) is 21.5 Å². The quantitative estimate of drug-likeness (QED) is 0.491. The highest BCUT2D eigenvalue weighted by molar-refractivity contribution is 5.88. The van der Waals surface area contributed by atoms with Gasteiger partial charge in [-0.3, -0.25) is 5.43 Å². The Morgan fingerprint density at radius 3 is 2.50 bits per heavy atom. The lowest BCUT2D eigenvalue weighted by Gasteiger charge is -2.07. The summed E-state index contributed by atoms with van der Waals surface area (Å²) < 4.78 is 5.80. The number of rotatable bonds is 7. The summed E-state index contributed by atoms with van der Waals surface area (Å²) in [6.07, 6.45) is 1.68. The van der Waals surface area contributed by atoms with Gasteiger partial charge < -0.3 is 9.84 Å². The number of carboxylic acids is 1. The molecule has 3 rings (SSSR count). The SMILES string of the molecule is O=C(O)c1ccc(N/N=C/c2cccc(OCc3ccccc3)c2)cc1. The normalized spacial score (nSPS) is 10.6. The largest absolute Gasteiger partial charge is 0.489 e. The first-order valence-corrected chi connectivity index (χ1v) is 8.10. The van der Waals surface area contributed by atoms with Crippen molar-refractivity contribution >= 4 is 17.9 Å². The molecule has 3 aromatic carbocycles. The van der Waals surface area contributed by atoms with Gasteiger partial charge in [0, 0.05) is 0 Å². The van der Waals surface area contributed by atoms with E-state index in [2.05, 4.69) is 10.5 Å². The van der Waals surface area contributed by atoms with Crippen LogP contribution in [0.5, 0.6) is 5.75 Å². The van der Waals surface area contributed by atoms with Gasteiger partial charge in [0.15, 0.2) is 0 Å². The minimum atomic E-state index is -0.952. The summed E-state index contributed by atoms with van der Waals surface area (Å²) in [6.45, 7) is 0.510. The molecule has 0 aromatic heterocycles. The summed E-state index contributed by atoms with van der Waals surface area (Å²) in [5.41, 5.74) is 5.82. The minimum Gasteiger partial charge on any atom is -0.489 e. The number of carboxylic acid groups (broad SMARTS) is 1. The lowest BCUT2D eigenvalue weighted by atomic mass is 10.2. The standard InChI is InChI=1S/C21H18N2O3/c24-21(25)18-9-11-19(12-10-18)23-22-14-17-7-4-8-20(13-17)26-15-16-5-2-1-3-6-16/h1-14,23H,15H2,(H,24,25)/b22-14+. The lowest BCUT2D eigenvalue weighted by Crippen LogP contribution is -1.97. The van der Waals surface area contributed by atoms with Crippen LogP contribution < -0.4 is 10.2 Å². The first-order valence-electron chi connectivity index (χ1n) is 8.10. The molecule has 0 unspecified atom stereocenters. The fourth-order valence-electron chi connectivity index (χ4n) is 2.29. The Hall–Kier alpha value is -3.60.